The molecule has 0 aliphatic rings. The lowest BCUT2D eigenvalue weighted by Gasteiger charge is -2.20. The summed E-state index contributed by atoms with van der Waals surface area (Å²) in [6.07, 6.45) is 0. The maximum absolute atomic E-state index is 11.8. The lowest BCUT2D eigenvalue weighted by molar-refractivity contribution is -0.122. The molecule has 0 aliphatic heterocycles. The molecule has 0 aliphatic carbocycles. The number of likely N-dealkylation sites (N-methyl/N-ethyl adjacent to an activating group) is 1. The van der Waals surface area contributed by atoms with Crippen molar-refractivity contribution in [3.63, 3.8) is 0 Å². The van der Waals surface area contributed by atoms with E-state index in [9.17, 15) is 4.79 Å². The van der Waals surface area contributed by atoms with Crippen molar-refractivity contribution in [1.29, 1.82) is 0 Å². The first-order valence-electron chi connectivity index (χ1n) is 7.36. The van der Waals surface area contributed by atoms with Gasteiger partial charge < -0.3 is 10.6 Å². The van der Waals surface area contributed by atoms with Crippen LogP contribution in [0.2, 0.25) is 0 Å². The minimum atomic E-state index is -0.162. The van der Waals surface area contributed by atoms with Crippen LogP contribution in [-0.2, 0) is 17.9 Å². The van der Waals surface area contributed by atoms with Gasteiger partial charge in [-0.2, -0.15) is 0 Å². The molecule has 1 aromatic carbocycles. The van der Waals surface area contributed by atoms with Gasteiger partial charge in [0.05, 0.1) is 6.04 Å². The Balaban J connectivity index is 2.68. The third kappa shape index (κ3) is 4.94. The zero-order valence-corrected chi connectivity index (χ0v) is 13.1. The van der Waals surface area contributed by atoms with Crippen molar-refractivity contribution in [3.8, 4) is 0 Å². The first kappa shape index (κ1) is 16.7. The number of hydrogen-bond donors (Lipinski definition) is 2. The number of carbonyl (C=O) groups excluding carboxylic acids is 1. The molecule has 112 valence electrons. The summed E-state index contributed by atoms with van der Waals surface area (Å²) in [6.45, 7) is 9.78. The van der Waals surface area contributed by atoms with Crippen LogP contribution in [0.4, 0.5) is 0 Å². The monoisotopic (exact) mass is 277 g/mol. The topological polar surface area (TPSA) is 44.4 Å². The first-order valence-corrected chi connectivity index (χ1v) is 7.36. The molecule has 0 spiro atoms. The largest absolute Gasteiger partial charge is 0.351 e. The Morgan fingerprint density at radius 1 is 1.20 bits per heavy atom. The molecule has 1 rings (SSSR count). The quantitative estimate of drug-likeness (QED) is 0.761. The number of benzene rings is 1. The van der Waals surface area contributed by atoms with Gasteiger partial charge in [-0.1, -0.05) is 38.1 Å². The highest BCUT2D eigenvalue weighted by atomic mass is 16.2. The average Bonchev–Trinajstić information content (AvgIpc) is 2.50. The van der Waals surface area contributed by atoms with E-state index in [4.69, 9.17) is 0 Å². The van der Waals surface area contributed by atoms with Crippen LogP contribution in [0.3, 0.4) is 0 Å². The Labute approximate surface area is 122 Å². The number of rotatable bonds is 8. The summed E-state index contributed by atoms with van der Waals surface area (Å²) in [5.41, 5.74) is 2.48. The maximum Gasteiger partial charge on any atom is 0.237 e. The number of carbonyl (C=O) groups is 1. The van der Waals surface area contributed by atoms with Crippen molar-refractivity contribution in [2.24, 2.45) is 0 Å². The third-order valence-electron chi connectivity index (χ3n) is 3.69. The summed E-state index contributed by atoms with van der Waals surface area (Å²) in [4.78, 5) is 14.2. The van der Waals surface area contributed by atoms with E-state index < -0.39 is 0 Å². The van der Waals surface area contributed by atoms with E-state index in [1.165, 1.54) is 11.1 Å². The summed E-state index contributed by atoms with van der Waals surface area (Å²) < 4.78 is 0. The second kappa shape index (κ2) is 8.72. The summed E-state index contributed by atoms with van der Waals surface area (Å²) in [5, 5.41) is 5.93. The van der Waals surface area contributed by atoms with Crippen LogP contribution < -0.4 is 10.6 Å². The maximum atomic E-state index is 11.8. The van der Waals surface area contributed by atoms with E-state index in [1.54, 1.807) is 7.05 Å². The van der Waals surface area contributed by atoms with E-state index in [2.05, 4.69) is 47.6 Å². The van der Waals surface area contributed by atoms with Gasteiger partial charge in [-0.25, -0.2) is 0 Å². The molecule has 0 saturated heterocycles. The van der Waals surface area contributed by atoms with Crippen LogP contribution in [-0.4, -0.2) is 37.0 Å². The second-order valence-corrected chi connectivity index (χ2v) is 4.96. The van der Waals surface area contributed by atoms with Crippen LogP contribution in [0.1, 0.15) is 31.9 Å². The number of hydrogen-bond acceptors (Lipinski definition) is 3. The highest BCUT2D eigenvalue weighted by molar-refractivity contribution is 5.81. The second-order valence-electron chi connectivity index (χ2n) is 4.96. The fourth-order valence-corrected chi connectivity index (χ4v) is 2.04. The molecule has 4 heteroatoms. The fourth-order valence-electron chi connectivity index (χ4n) is 2.04. The zero-order valence-electron chi connectivity index (χ0n) is 13.1. The van der Waals surface area contributed by atoms with Gasteiger partial charge in [0.1, 0.15) is 0 Å². The van der Waals surface area contributed by atoms with Crippen molar-refractivity contribution >= 4 is 5.91 Å². The Hall–Kier alpha value is -1.39. The summed E-state index contributed by atoms with van der Waals surface area (Å²) in [7, 11) is 1.79. The predicted octanol–water partition coefficient (Wildman–Crippen LogP) is 1.75. The Bertz CT molecular complexity index is 416. The molecule has 0 aromatic heterocycles. The van der Waals surface area contributed by atoms with Crippen LogP contribution in [0.25, 0.3) is 0 Å². The molecule has 2 N–H and O–H groups in total. The van der Waals surface area contributed by atoms with Crippen molar-refractivity contribution in [2.75, 3.05) is 20.1 Å². The van der Waals surface area contributed by atoms with Gasteiger partial charge in [-0.05, 0) is 38.2 Å². The standard InChI is InChI=1S/C16H27N3O/c1-5-19(6-2)12-15-10-8-7-9-14(15)11-18-16(20)13(3)17-4/h7-10,13,17H,5-6,11-12H2,1-4H3,(H,18,20). The lowest BCUT2D eigenvalue weighted by Crippen LogP contribution is -2.40. The first-order chi connectivity index (χ1) is 9.62. The van der Waals surface area contributed by atoms with Gasteiger partial charge in [0, 0.05) is 13.1 Å². The van der Waals surface area contributed by atoms with E-state index in [-0.39, 0.29) is 11.9 Å². The van der Waals surface area contributed by atoms with Crippen molar-refractivity contribution in [1.82, 2.24) is 15.5 Å². The van der Waals surface area contributed by atoms with Gasteiger partial charge >= 0.3 is 0 Å². The smallest absolute Gasteiger partial charge is 0.237 e. The number of amides is 1. The van der Waals surface area contributed by atoms with Crippen LogP contribution >= 0.6 is 0 Å². The highest BCUT2D eigenvalue weighted by Gasteiger charge is 2.11. The Kier molecular flexibility index (Phi) is 7.26. The predicted molar refractivity (Wildman–Crippen MR) is 83.4 cm³/mol. The summed E-state index contributed by atoms with van der Waals surface area (Å²) in [5.74, 6) is 0.0325. The van der Waals surface area contributed by atoms with E-state index in [1.807, 2.05) is 13.0 Å². The van der Waals surface area contributed by atoms with E-state index >= 15 is 0 Å². The van der Waals surface area contributed by atoms with E-state index in [0.29, 0.717) is 6.54 Å². The fraction of sp³-hybridized carbons (Fsp3) is 0.562. The molecular weight excluding hydrogens is 250 g/mol. The lowest BCUT2D eigenvalue weighted by atomic mass is 10.1. The number of nitrogens with one attached hydrogen (secondary N) is 2. The van der Waals surface area contributed by atoms with Crippen LogP contribution in [0, 0.1) is 0 Å². The molecule has 1 aromatic rings. The van der Waals surface area contributed by atoms with Crippen molar-refractivity contribution in [2.45, 2.75) is 39.9 Å². The molecule has 4 nitrogen and oxygen atoms in total. The van der Waals surface area contributed by atoms with Gasteiger partial charge in [-0.15, -0.1) is 0 Å². The molecule has 20 heavy (non-hydrogen) atoms. The van der Waals surface area contributed by atoms with Crippen LogP contribution in [0.5, 0.6) is 0 Å². The Morgan fingerprint density at radius 2 is 1.80 bits per heavy atom. The van der Waals surface area contributed by atoms with E-state index in [0.717, 1.165) is 19.6 Å². The minimum absolute atomic E-state index is 0.0325. The molecule has 1 atom stereocenters. The molecular formula is C16H27N3O. The molecule has 0 bridgehead atoms. The Morgan fingerprint density at radius 3 is 2.35 bits per heavy atom. The minimum Gasteiger partial charge on any atom is -0.351 e. The highest BCUT2D eigenvalue weighted by Crippen LogP contribution is 2.11. The third-order valence-corrected chi connectivity index (χ3v) is 3.69. The van der Waals surface area contributed by atoms with Gasteiger partial charge in [0.15, 0.2) is 0 Å². The van der Waals surface area contributed by atoms with Gasteiger partial charge in [-0.3, -0.25) is 9.69 Å². The molecule has 0 radical (unpaired) electrons. The summed E-state index contributed by atoms with van der Waals surface area (Å²) in [6, 6.07) is 8.14. The molecule has 0 saturated carbocycles. The summed E-state index contributed by atoms with van der Waals surface area (Å²) >= 11 is 0. The van der Waals surface area contributed by atoms with Crippen molar-refractivity contribution < 1.29 is 4.79 Å². The van der Waals surface area contributed by atoms with Gasteiger partial charge in [0.2, 0.25) is 5.91 Å². The molecule has 0 heterocycles. The molecule has 0 fully saturated rings. The van der Waals surface area contributed by atoms with Crippen molar-refractivity contribution in [3.05, 3.63) is 35.4 Å². The SMILES string of the molecule is CCN(CC)Cc1ccccc1CNC(=O)C(C)NC. The van der Waals surface area contributed by atoms with Gasteiger partial charge in [0.25, 0.3) is 0 Å². The zero-order chi connectivity index (χ0) is 15.0. The van der Waals surface area contributed by atoms with Crippen LogP contribution in [0.15, 0.2) is 24.3 Å². The molecule has 1 unspecified atom stereocenters. The normalized spacial score (nSPS) is 12.4. The molecule has 1 amide bonds. The number of nitrogens with zero attached hydrogens (tertiary/aromatic N) is 1. The average molecular weight is 277 g/mol.